The van der Waals surface area contributed by atoms with E-state index < -0.39 is 0 Å². The van der Waals surface area contributed by atoms with Crippen molar-refractivity contribution in [1.29, 1.82) is 0 Å². The van der Waals surface area contributed by atoms with Crippen molar-refractivity contribution in [3.63, 3.8) is 0 Å². The van der Waals surface area contributed by atoms with Crippen LogP contribution in [0.2, 0.25) is 0 Å². The van der Waals surface area contributed by atoms with Crippen LogP contribution in [0.4, 0.5) is 5.69 Å². The molecule has 0 radical (unpaired) electrons. The van der Waals surface area contributed by atoms with Crippen molar-refractivity contribution in [3.8, 4) is 0 Å². The summed E-state index contributed by atoms with van der Waals surface area (Å²) in [5.41, 5.74) is 4.23. The quantitative estimate of drug-likeness (QED) is 0.697. The van der Waals surface area contributed by atoms with Crippen molar-refractivity contribution in [2.24, 2.45) is 0 Å². The second-order valence-corrected chi connectivity index (χ2v) is 6.01. The number of nitrogens with one attached hydrogen (secondary N) is 2. The fourth-order valence-electron chi connectivity index (χ4n) is 2.66. The molecule has 0 aliphatic rings. The molecule has 0 aliphatic carbocycles. The van der Waals surface area contributed by atoms with E-state index in [2.05, 4.69) is 10.6 Å². The van der Waals surface area contributed by atoms with Gasteiger partial charge in [-0.3, -0.25) is 4.79 Å². The predicted molar refractivity (Wildman–Crippen MR) is 98.1 cm³/mol. The highest BCUT2D eigenvalue weighted by Gasteiger charge is 2.13. The number of aryl methyl sites for hydroxylation is 1. The third kappa shape index (κ3) is 5.18. The molecule has 1 unspecified atom stereocenters. The van der Waals surface area contributed by atoms with E-state index in [4.69, 9.17) is 5.11 Å². The zero-order valence-electron chi connectivity index (χ0n) is 14.4. The molecule has 0 heterocycles. The lowest BCUT2D eigenvalue weighted by molar-refractivity contribution is -0.115. The van der Waals surface area contributed by atoms with Crippen LogP contribution in [0.5, 0.6) is 0 Å². The van der Waals surface area contributed by atoms with Crippen LogP contribution in [0.15, 0.2) is 48.5 Å². The maximum Gasteiger partial charge on any atom is 0.238 e. The van der Waals surface area contributed by atoms with E-state index in [1.165, 1.54) is 0 Å². The molecule has 0 bridgehead atoms. The summed E-state index contributed by atoms with van der Waals surface area (Å²) in [4.78, 5) is 12.3. The number of aliphatic hydroxyl groups is 1. The second-order valence-electron chi connectivity index (χ2n) is 6.01. The Hall–Kier alpha value is -2.17. The molecule has 0 spiro atoms. The Kier molecular flexibility index (Phi) is 6.97. The number of amides is 1. The Balaban J connectivity index is 1.95. The number of hydrogen-bond donors (Lipinski definition) is 3. The van der Waals surface area contributed by atoms with Gasteiger partial charge in [-0.05, 0) is 49.4 Å². The van der Waals surface area contributed by atoms with E-state index in [0.29, 0.717) is 6.42 Å². The summed E-state index contributed by atoms with van der Waals surface area (Å²) in [7, 11) is 0. The molecule has 2 aromatic carbocycles. The Bertz CT molecular complexity index is 656. The highest BCUT2D eigenvalue weighted by molar-refractivity contribution is 5.93. The van der Waals surface area contributed by atoms with E-state index in [0.717, 1.165) is 28.8 Å². The number of aliphatic hydroxyl groups excluding tert-OH is 1. The normalized spacial score (nSPS) is 12.0. The average Bonchev–Trinajstić information content (AvgIpc) is 2.60. The molecule has 2 aromatic rings. The van der Waals surface area contributed by atoms with Gasteiger partial charge in [0.1, 0.15) is 0 Å². The van der Waals surface area contributed by atoms with Crippen LogP contribution >= 0.6 is 0 Å². The van der Waals surface area contributed by atoms with Gasteiger partial charge >= 0.3 is 0 Å². The molecule has 4 heteroatoms. The first-order valence-corrected chi connectivity index (χ1v) is 8.37. The van der Waals surface area contributed by atoms with Crippen LogP contribution in [0, 0.1) is 13.8 Å². The molecular formula is C20H26N2O2. The molecule has 0 aliphatic heterocycles. The summed E-state index contributed by atoms with van der Waals surface area (Å²) in [6.45, 7) is 4.42. The molecule has 0 saturated heterocycles. The Morgan fingerprint density at radius 3 is 2.54 bits per heavy atom. The van der Waals surface area contributed by atoms with Gasteiger partial charge in [0.05, 0.1) is 6.54 Å². The van der Waals surface area contributed by atoms with Crippen molar-refractivity contribution >= 4 is 11.6 Å². The van der Waals surface area contributed by atoms with Crippen molar-refractivity contribution < 1.29 is 9.90 Å². The summed E-state index contributed by atoms with van der Waals surface area (Å²) < 4.78 is 0. The van der Waals surface area contributed by atoms with Gasteiger partial charge in [-0.2, -0.15) is 0 Å². The number of rotatable bonds is 8. The first kappa shape index (κ1) is 18.2. The highest BCUT2D eigenvalue weighted by atomic mass is 16.2. The van der Waals surface area contributed by atoms with E-state index in [1.807, 2.05) is 62.4 Å². The van der Waals surface area contributed by atoms with Crippen LogP contribution in [0.1, 0.15) is 35.6 Å². The first-order chi connectivity index (χ1) is 11.6. The number of benzene rings is 2. The molecule has 3 N–H and O–H groups in total. The maximum absolute atomic E-state index is 12.3. The third-order valence-electron chi connectivity index (χ3n) is 4.24. The van der Waals surface area contributed by atoms with E-state index >= 15 is 0 Å². The zero-order valence-corrected chi connectivity index (χ0v) is 14.4. The second kappa shape index (κ2) is 9.21. The van der Waals surface area contributed by atoms with Crippen LogP contribution in [0.25, 0.3) is 0 Å². The van der Waals surface area contributed by atoms with Gasteiger partial charge in [0.2, 0.25) is 5.91 Å². The number of hydrogen-bond acceptors (Lipinski definition) is 3. The number of carbonyl (C=O) groups is 1. The predicted octanol–water partition coefficient (Wildman–Crippen LogP) is 3.35. The van der Waals surface area contributed by atoms with Gasteiger partial charge < -0.3 is 15.7 Å². The average molecular weight is 326 g/mol. The maximum atomic E-state index is 12.3. The van der Waals surface area contributed by atoms with Crippen LogP contribution in [0.3, 0.4) is 0 Å². The van der Waals surface area contributed by atoms with E-state index in [-0.39, 0.29) is 25.1 Å². The molecule has 0 aromatic heterocycles. The van der Waals surface area contributed by atoms with Gasteiger partial charge in [0, 0.05) is 18.3 Å². The lowest BCUT2D eigenvalue weighted by atomic mass is 10.0. The summed E-state index contributed by atoms with van der Waals surface area (Å²) in [5, 5.41) is 15.3. The monoisotopic (exact) mass is 326 g/mol. The molecule has 24 heavy (non-hydrogen) atoms. The molecule has 2 rings (SSSR count). The minimum absolute atomic E-state index is 0.0581. The molecule has 1 amide bonds. The van der Waals surface area contributed by atoms with Crippen molar-refractivity contribution in [1.82, 2.24) is 5.32 Å². The molecule has 4 nitrogen and oxygen atoms in total. The summed E-state index contributed by atoms with van der Waals surface area (Å²) >= 11 is 0. The number of carbonyl (C=O) groups excluding carboxylic acids is 1. The Morgan fingerprint density at radius 1 is 1.08 bits per heavy atom. The lowest BCUT2D eigenvalue weighted by Gasteiger charge is -2.19. The summed E-state index contributed by atoms with van der Waals surface area (Å²) in [6.07, 6.45) is 1.49. The van der Waals surface area contributed by atoms with Gasteiger partial charge in [0.25, 0.3) is 0 Å². The van der Waals surface area contributed by atoms with Crippen molar-refractivity contribution in [3.05, 3.63) is 65.2 Å². The molecule has 128 valence electrons. The number of anilines is 1. The first-order valence-electron chi connectivity index (χ1n) is 8.37. The fraction of sp³-hybridized carbons (Fsp3) is 0.350. The topological polar surface area (TPSA) is 61.4 Å². The van der Waals surface area contributed by atoms with Gasteiger partial charge in [-0.1, -0.05) is 42.5 Å². The summed E-state index contributed by atoms with van der Waals surface area (Å²) in [5.74, 6) is -0.0615. The fourth-order valence-corrected chi connectivity index (χ4v) is 2.66. The molecular weight excluding hydrogens is 300 g/mol. The third-order valence-corrected chi connectivity index (χ3v) is 4.24. The van der Waals surface area contributed by atoms with E-state index in [1.54, 1.807) is 0 Å². The van der Waals surface area contributed by atoms with Gasteiger partial charge in [0.15, 0.2) is 0 Å². The van der Waals surface area contributed by atoms with Crippen LogP contribution in [-0.2, 0) is 4.79 Å². The Labute approximate surface area is 143 Å². The SMILES string of the molecule is Cc1cccc(NC(=O)CNC(CCCO)c2ccccc2)c1C. The Morgan fingerprint density at radius 2 is 1.83 bits per heavy atom. The smallest absolute Gasteiger partial charge is 0.238 e. The van der Waals surface area contributed by atoms with Crippen molar-refractivity contribution in [2.75, 3.05) is 18.5 Å². The minimum Gasteiger partial charge on any atom is -0.396 e. The van der Waals surface area contributed by atoms with Crippen LogP contribution in [-0.4, -0.2) is 24.2 Å². The van der Waals surface area contributed by atoms with Gasteiger partial charge in [-0.15, -0.1) is 0 Å². The van der Waals surface area contributed by atoms with Crippen LogP contribution < -0.4 is 10.6 Å². The van der Waals surface area contributed by atoms with Crippen molar-refractivity contribution in [2.45, 2.75) is 32.7 Å². The lowest BCUT2D eigenvalue weighted by Crippen LogP contribution is -2.31. The minimum atomic E-state index is -0.0615. The standard InChI is InChI=1S/C20H26N2O2/c1-15-8-6-11-18(16(15)2)22-20(24)14-21-19(12-7-13-23)17-9-4-3-5-10-17/h3-6,8-11,19,21,23H,7,12-14H2,1-2H3,(H,22,24). The highest BCUT2D eigenvalue weighted by Crippen LogP contribution is 2.19. The summed E-state index contributed by atoms with van der Waals surface area (Å²) in [6, 6.07) is 16.0. The molecule has 1 atom stereocenters. The van der Waals surface area contributed by atoms with E-state index in [9.17, 15) is 4.79 Å². The largest absolute Gasteiger partial charge is 0.396 e. The zero-order chi connectivity index (χ0) is 17.4. The molecule has 0 fully saturated rings. The molecule has 0 saturated carbocycles. The van der Waals surface area contributed by atoms with Gasteiger partial charge in [-0.25, -0.2) is 0 Å².